The molecule has 0 aromatic heterocycles. The highest BCUT2D eigenvalue weighted by atomic mass is 16.6. The van der Waals surface area contributed by atoms with E-state index in [9.17, 15) is 9.90 Å². The molecule has 2 radical (unpaired) electrons. The highest BCUT2D eigenvalue weighted by Crippen LogP contribution is 2.21. The molecule has 0 saturated heterocycles. The normalized spacial score (nSPS) is 13.2. The smallest absolute Gasteiger partial charge is 0.412 e. The van der Waals surface area contributed by atoms with Gasteiger partial charge in [0.05, 0.1) is 0 Å². The maximum atomic E-state index is 11.6. The van der Waals surface area contributed by atoms with Crippen molar-refractivity contribution in [3.63, 3.8) is 0 Å². The topological polar surface area (TPSA) is 161 Å². The van der Waals surface area contributed by atoms with Gasteiger partial charge in [0.15, 0.2) is 18.1 Å². The van der Waals surface area contributed by atoms with Gasteiger partial charge in [-0.2, -0.15) is 0 Å². The van der Waals surface area contributed by atoms with Crippen LogP contribution in [0.3, 0.4) is 0 Å². The molecule has 10 heteroatoms. The molecule has 1 unspecified atom stereocenters. The van der Waals surface area contributed by atoms with Crippen LogP contribution in [0.1, 0.15) is 5.56 Å². The van der Waals surface area contributed by atoms with E-state index in [1.807, 2.05) is 0 Å². The van der Waals surface area contributed by atoms with Crippen molar-refractivity contribution in [1.29, 1.82) is 0 Å². The second kappa shape index (κ2) is 9.90. The Morgan fingerprint density at radius 3 is 2.44 bits per heavy atom. The van der Waals surface area contributed by atoms with Crippen molar-refractivity contribution in [2.24, 2.45) is 0 Å². The zero-order chi connectivity index (χ0) is 18.8. The highest BCUT2D eigenvalue weighted by Gasteiger charge is 2.10. The predicted octanol–water partition coefficient (Wildman–Crippen LogP) is 2.49. The van der Waals surface area contributed by atoms with Crippen molar-refractivity contribution in [2.45, 2.75) is 13.3 Å². The van der Waals surface area contributed by atoms with Crippen molar-refractivity contribution in [3.05, 3.63) is 61.0 Å². The third-order valence-electron chi connectivity index (χ3n) is 2.63. The van der Waals surface area contributed by atoms with E-state index in [0.717, 1.165) is 6.61 Å². The van der Waals surface area contributed by atoms with Gasteiger partial charge in [0.2, 0.25) is 13.0 Å². The number of aliphatic hydroxyl groups excluding tert-OH is 5. The summed E-state index contributed by atoms with van der Waals surface area (Å²) in [4.78, 5) is 11.6. The number of aryl methyl sites for hydroxylation is 1. The van der Waals surface area contributed by atoms with Gasteiger partial charge in [-0.25, -0.2) is 4.79 Å². The second-order valence-corrected chi connectivity index (χ2v) is 4.54. The monoisotopic (exact) mass is 354 g/mol. The van der Waals surface area contributed by atoms with Crippen molar-refractivity contribution >= 4 is 17.5 Å². The lowest BCUT2D eigenvalue weighted by atomic mass is 10.2. The Labute approximate surface area is 143 Å². The average Bonchev–Trinajstić information content (AvgIpc) is 2.60. The summed E-state index contributed by atoms with van der Waals surface area (Å²) in [6, 6.07) is 4.69. The van der Waals surface area contributed by atoms with Crippen LogP contribution in [0, 0.1) is 20.1 Å². The minimum Gasteiger partial charge on any atom is -0.512 e. The number of nitrogens with one attached hydrogen (secondary N) is 2. The van der Waals surface area contributed by atoms with Gasteiger partial charge in [0.25, 0.3) is 0 Å². The fraction of sp³-hybridized carbons (Fsp3) is 0.133. The fourth-order valence-corrected chi connectivity index (χ4v) is 1.47. The lowest BCUT2D eigenvalue weighted by Crippen LogP contribution is -2.22. The first-order valence-corrected chi connectivity index (χ1v) is 6.77. The van der Waals surface area contributed by atoms with Crippen molar-refractivity contribution < 1.29 is 39.8 Å². The SMILES string of the molecule is Cc1ccc(NC(O)O[CH]C(O)=CO)cc1NC(=O)O[CH]C(O)=CO. The number of ether oxygens (including phenoxy) is 2. The molecule has 0 saturated carbocycles. The van der Waals surface area contributed by atoms with Crippen LogP contribution in [-0.2, 0) is 9.47 Å². The van der Waals surface area contributed by atoms with E-state index >= 15 is 0 Å². The molecule has 0 bridgehead atoms. The van der Waals surface area contributed by atoms with Crippen LogP contribution in [0.2, 0.25) is 0 Å². The molecule has 0 aliphatic heterocycles. The molecule has 1 aromatic carbocycles. The van der Waals surface area contributed by atoms with Gasteiger partial charge in [-0.15, -0.1) is 0 Å². The fourth-order valence-electron chi connectivity index (χ4n) is 1.47. The molecular weight excluding hydrogens is 336 g/mol. The molecular formula is C15H18N2O8. The number of carbonyl (C=O) groups excluding carboxylic acids is 1. The molecule has 7 N–H and O–H groups in total. The van der Waals surface area contributed by atoms with E-state index in [1.165, 1.54) is 6.07 Å². The summed E-state index contributed by atoms with van der Waals surface area (Å²) >= 11 is 0. The first-order valence-electron chi connectivity index (χ1n) is 6.77. The lowest BCUT2D eigenvalue weighted by Gasteiger charge is -2.16. The van der Waals surface area contributed by atoms with E-state index < -0.39 is 24.0 Å². The summed E-state index contributed by atoms with van der Waals surface area (Å²) < 4.78 is 9.23. The summed E-state index contributed by atoms with van der Waals surface area (Å²) in [6.45, 7) is 3.07. The second-order valence-electron chi connectivity index (χ2n) is 4.54. The predicted molar refractivity (Wildman–Crippen MR) is 87.3 cm³/mol. The molecule has 1 aromatic rings. The Kier molecular flexibility index (Phi) is 7.90. The zero-order valence-corrected chi connectivity index (χ0v) is 13.1. The minimum absolute atomic E-state index is 0.338. The molecule has 1 rings (SSSR count). The summed E-state index contributed by atoms with van der Waals surface area (Å²) in [7, 11) is 0. The zero-order valence-electron chi connectivity index (χ0n) is 13.1. The standard InChI is InChI=1S/C15H18N2O8/c1-9-2-3-10(16-14(22)24-7-11(20)5-18)4-13(9)17-15(23)25-8-12(21)6-19/h2-8,14,16,18-22H,1H3,(H,17,23). The Bertz CT molecular complexity index is 644. The number of benzene rings is 1. The first-order chi connectivity index (χ1) is 11.8. The van der Waals surface area contributed by atoms with Gasteiger partial charge in [-0.05, 0) is 24.6 Å². The average molecular weight is 354 g/mol. The summed E-state index contributed by atoms with van der Waals surface area (Å²) in [5, 5.41) is 49.3. The summed E-state index contributed by atoms with van der Waals surface area (Å²) in [5.41, 5.74) is 1.37. The van der Waals surface area contributed by atoms with Crippen LogP contribution in [-0.4, -0.2) is 38.0 Å². The molecule has 0 aliphatic carbocycles. The Morgan fingerprint density at radius 2 is 1.80 bits per heavy atom. The maximum Gasteiger partial charge on any atom is 0.412 e. The van der Waals surface area contributed by atoms with E-state index in [1.54, 1.807) is 19.1 Å². The van der Waals surface area contributed by atoms with Gasteiger partial charge < -0.3 is 40.3 Å². The number of hydrogen-bond acceptors (Lipinski definition) is 9. The third kappa shape index (κ3) is 7.33. The maximum absolute atomic E-state index is 11.6. The molecule has 1 atom stereocenters. The van der Waals surface area contributed by atoms with E-state index in [2.05, 4.69) is 15.4 Å². The number of aliphatic hydroxyl groups is 5. The lowest BCUT2D eigenvalue weighted by molar-refractivity contribution is -0.0491. The third-order valence-corrected chi connectivity index (χ3v) is 2.63. The van der Waals surface area contributed by atoms with Crippen LogP contribution in [0.25, 0.3) is 0 Å². The molecule has 0 fully saturated rings. The van der Waals surface area contributed by atoms with Crippen molar-refractivity contribution in [1.82, 2.24) is 0 Å². The van der Waals surface area contributed by atoms with E-state index in [0.29, 0.717) is 36.1 Å². The van der Waals surface area contributed by atoms with Crippen LogP contribution in [0.5, 0.6) is 0 Å². The van der Waals surface area contributed by atoms with Gasteiger partial charge in [0.1, 0.15) is 12.5 Å². The van der Waals surface area contributed by atoms with E-state index in [4.69, 9.17) is 25.2 Å². The number of hydrogen-bond donors (Lipinski definition) is 7. The van der Waals surface area contributed by atoms with Gasteiger partial charge >= 0.3 is 6.09 Å². The quantitative estimate of drug-likeness (QED) is 0.275. The first kappa shape index (κ1) is 19.9. The number of amides is 1. The van der Waals surface area contributed by atoms with Gasteiger partial charge in [-0.3, -0.25) is 5.32 Å². The van der Waals surface area contributed by atoms with Crippen LogP contribution >= 0.6 is 0 Å². The highest BCUT2D eigenvalue weighted by molar-refractivity contribution is 5.86. The van der Waals surface area contributed by atoms with Gasteiger partial charge in [-0.1, -0.05) is 6.07 Å². The van der Waals surface area contributed by atoms with Crippen LogP contribution in [0.4, 0.5) is 16.2 Å². The van der Waals surface area contributed by atoms with Gasteiger partial charge in [0, 0.05) is 11.4 Å². The number of anilines is 2. The van der Waals surface area contributed by atoms with Crippen molar-refractivity contribution in [2.75, 3.05) is 10.6 Å². The van der Waals surface area contributed by atoms with Crippen molar-refractivity contribution in [3.8, 4) is 0 Å². The van der Waals surface area contributed by atoms with Crippen LogP contribution in [0.15, 0.2) is 42.2 Å². The molecule has 0 spiro atoms. The van der Waals surface area contributed by atoms with E-state index in [-0.39, 0.29) is 0 Å². The molecule has 25 heavy (non-hydrogen) atoms. The molecule has 136 valence electrons. The molecule has 1 amide bonds. The summed E-state index contributed by atoms with van der Waals surface area (Å²) in [5.74, 6) is -1.23. The Balaban J connectivity index is 2.64. The molecule has 10 nitrogen and oxygen atoms in total. The minimum atomic E-state index is -1.54. The Morgan fingerprint density at radius 1 is 1.16 bits per heavy atom. The number of rotatable bonds is 8. The largest absolute Gasteiger partial charge is 0.512 e. The summed E-state index contributed by atoms with van der Waals surface area (Å²) in [6.07, 6.45) is -1.72. The molecule has 0 aliphatic rings. The van der Waals surface area contributed by atoms with Crippen LogP contribution < -0.4 is 10.6 Å². The molecule has 0 heterocycles. The Hall–Kier alpha value is -3.11. The number of carbonyl (C=O) groups is 1.